The van der Waals surface area contributed by atoms with Crippen LogP contribution in [-0.2, 0) is 4.79 Å². The van der Waals surface area contributed by atoms with Gasteiger partial charge in [-0.1, -0.05) is 39.8 Å². The third kappa shape index (κ3) is 5.27. The highest BCUT2D eigenvalue weighted by molar-refractivity contribution is 5.76. The molecule has 150 valence electrons. The first kappa shape index (κ1) is 20.2. The molecule has 27 heavy (non-hydrogen) atoms. The molecule has 3 heteroatoms. The standard InChI is InChI=1S/C24H38N2O/c1-18(2)21-5-7-23(8-6-21)25-13-9-20(10-14-25)17-24(27)26-15-11-22(12-16-26)19(3)4/h5-8,18-20,22H,9-17H2,1-4H3. The normalized spacial score (nSPS) is 19.9. The molecule has 2 fully saturated rings. The molecular weight excluding hydrogens is 332 g/mol. The van der Waals surface area contributed by atoms with E-state index in [4.69, 9.17) is 0 Å². The van der Waals surface area contributed by atoms with Crippen molar-refractivity contribution in [3.63, 3.8) is 0 Å². The van der Waals surface area contributed by atoms with Crippen molar-refractivity contribution in [1.29, 1.82) is 0 Å². The van der Waals surface area contributed by atoms with E-state index in [1.54, 1.807) is 0 Å². The van der Waals surface area contributed by atoms with Crippen LogP contribution in [0.5, 0.6) is 0 Å². The van der Waals surface area contributed by atoms with Gasteiger partial charge in [-0.05, 0) is 67.1 Å². The number of carbonyl (C=O) groups is 1. The molecule has 1 aromatic carbocycles. The minimum Gasteiger partial charge on any atom is -0.372 e. The van der Waals surface area contributed by atoms with Gasteiger partial charge in [-0.15, -0.1) is 0 Å². The molecule has 2 aliphatic heterocycles. The Bertz CT molecular complexity index is 591. The van der Waals surface area contributed by atoms with E-state index in [1.165, 1.54) is 24.1 Å². The van der Waals surface area contributed by atoms with Crippen LogP contribution in [0.25, 0.3) is 0 Å². The van der Waals surface area contributed by atoms with Crippen LogP contribution in [0.2, 0.25) is 0 Å². The average molecular weight is 371 g/mol. The number of hydrogen-bond acceptors (Lipinski definition) is 2. The minimum atomic E-state index is 0.400. The van der Waals surface area contributed by atoms with E-state index in [2.05, 4.69) is 61.8 Å². The first-order valence-corrected chi connectivity index (χ1v) is 11.1. The molecule has 2 saturated heterocycles. The van der Waals surface area contributed by atoms with Crippen LogP contribution in [0.15, 0.2) is 24.3 Å². The monoisotopic (exact) mass is 370 g/mol. The van der Waals surface area contributed by atoms with Crippen molar-refractivity contribution >= 4 is 11.6 Å². The molecule has 0 spiro atoms. The zero-order valence-corrected chi connectivity index (χ0v) is 17.8. The summed E-state index contributed by atoms with van der Waals surface area (Å²) in [5, 5.41) is 0. The smallest absolute Gasteiger partial charge is 0.222 e. The first-order valence-electron chi connectivity index (χ1n) is 11.1. The largest absolute Gasteiger partial charge is 0.372 e. The molecule has 0 aromatic heterocycles. The summed E-state index contributed by atoms with van der Waals surface area (Å²) in [6.07, 6.45) is 5.41. The van der Waals surface area contributed by atoms with Crippen LogP contribution in [-0.4, -0.2) is 37.0 Å². The summed E-state index contributed by atoms with van der Waals surface area (Å²) >= 11 is 0. The maximum Gasteiger partial charge on any atom is 0.222 e. The van der Waals surface area contributed by atoms with Gasteiger partial charge in [0.2, 0.25) is 5.91 Å². The summed E-state index contributed by atoms with van der Waals surface area (Å²) < 4.78 is 0. The first-order chi connectivity index (χ1) is 12.9. The number of piperidine rings is 2. The highest BCUT2D eigenvalue weighted by atomic mass is 16.2. The lowest BCUT2D eigenvalue weighted by Gasteiger charge is -2.36. The fourth-order valence-electron chi connectivity index (χ4n) is 4.66. The van der Waals surface area contributed by atoms with Crippen molar-refractivity contribution in [1.82, 2.24) is 4.90 Å². The molecule has 2 aliphatic rings. The summed E-state index contributed by atoms with van der Waals surface area (Å²) in [7, 11) is 0. The van der Waals surface area contributed by atoms with Crippen LogP contribution in [0.1, 0.15) is 71.3 Å². The number of rotatable bonds is 5. The van der Waals surface area contributed by atoms with E-state index in [-0.39, 0.29) is 0 Å². The number of carbonyl (C=O) groups excluding carboxylic acids is 1. The number of nitrogens with zero attached hydrogens (tertiary/aromatic N) is 2. The molecule has 0 unspecified atom stereocenters. The van der Waals surface area contributed by atoms with Crippen molar-refractivity contribution in [3.05, 3.63) is 29.8 Å². The lowest BCUT2D eigenvalue weighted by molar-refractivity contribution is -0.134. The zero-order chi connectivity index (χ0) is 19.4. The summed E-state index contributed by atoms with van der Waals surface area (Å²) in [4.78, 5) is 17.3. The Kier molecular flexibility index (Phi) is 6.83. The van der Waals surface area contributed by atoms with Gasteiger partial charge in [0.25, 0.3) is 0 Å². The molecule has 2 heterocycles. The lowest BCUT2D eigenvalue weighted by atomic mass is 9.86. The topological polar surface area (TPSA) is 23.6 Å². The van der Waals surface area contributed by atoms with Gasteiger partial charge in [-0.3, -0.25) is 4.79 Å². The number of likely N-dealkylation sites (tertiary alicyclic amines) is 1. The number of amides is 1. The Morgan fingerprint density at radius 3 is 2.04 bits per heavy atom. The summed E-state index contributed by atoms with van der Waals surface area (Å²) in [5.74, 6) is 3.10. The summed E-state index contributed by atoms with van der Waals surface area (Å²) in [6, 6.07) is 9.05. The van der Waals surface area contributed by atoms with E-state index < -0.39 is 0 Å². The molecule has 0 radical (unpaired) electrons. The van der Waals surface area contributed by atoms with Gasteiger partial charge in [-0.2, -0.15) is 0 Å². The van der Waals surface area contributed by atoms with E-state index in [9.17, 15) is 4.79 Å². The molecule has 0 saturated carbocycles. The van der Waals surface area contributed by atoms with Gasteiger partial charge in [0.05, 0.1) is 0 Å². The second-order valence-corrected chi connectivity index (χ2v) is 9.34. The summed E-state index contributed by atoms with van der Waals surface area (Å²) in [5.41, 5.74) is 2.74. The van der Waals surface area contributed by atoms with Gasteiger partial charge in [-0.25, -0.2) is 0 Å². The third-order valence-corrected chi connectivity index (χ3v) is 6.84. The second-order valence-electron chi connectivity index (χ2n) is 9.34. The molecule has 3 rings (SSSR count). The zero-order valence-electron chi connectivity index (χ0n) is 17.8. The number of anilines is 1. The number of benzene rings is 1. The molecule has 1 aromatic rings. The quantitative estimate of drug-likeness (QED) is 0.701. The number of hydrogen-bond donors (Lipinski definition) is 0. The predicted octanol–water partition coefficient (Wildman–Crippen LogP) is 5.31. The van der Waals surface area contributed by atoms with Gasteiger partial charge in [0.1, 0.15) is 0 Å². The Hall–Kier alpha value is -1.51. The Morgan fingerprint density at radius 2 is 1.52 bits per heavy atom. The van der Waals surface area contributed by atoms with Crippen LogP contribution >= 0.6 is 0 Å². The van der Waals surface area contributed by atoms with E-state index in [0.717, 1.165) is 57.3 Å². The molecule has 0 bridgehead atoms. The van der Waals surface area contributed by atoms with E-state index in [0.29, 0.717) is 17.7 Å². The molecule has 0 aliphatic carbocycles. The summed E-state index contributed by atoms with van der Waals surface area (Å²) in [6.45, 7) is 13.2. The van der Waals surface area contributed by atoms with Gasteiger partial charge in [0.15, 0.2) is 0 Å². The third-order valence-electron chi connectivity index (χ3n) is 6.84. The van der Waals surface area contributed by atoms with Gasteiger partial charge >= 0.3 is 0 Å². The Morgan fingerprint density at radius 1 is 0.926 bits per heavy atom. The van der Waals surface area contributed by atoms with Crippen LogP contribution in [0.3, 0.4) is 0 Å². The van der Waals surface area contributed by atoms with Crippen molar-refractivity contribution in [3.8, 4) is 0 Å². The fourth-order valence-corrected chi connectivity index (χ4v) is 4.66. The van der Waals surface area contributed by atoms with Crippen molar-refractivity contribution in [2.45, 2.75) is 65.7 Å². The van der Waals surface area contributed by atoms with Crippen LogP contribution < -0.4 is 4.90 Å². The Balaban J connectivity index is 1.43. The molecular formula is C24H38N2O. The SMILES string of the molecule is CC(C)c1ccc(N2CCC(CC(=O)N3CCC(C(C)C)CC3)CC2)cc1. The van der Waals surface area contributed by atoms with Crippen molar-refractivity contribution in [2.24, 2.45) is 17.8 Å². The van der Waals surface area contributed by atoms with Gasteiger partial charge < -0.3 is 9.80 Å². The van der Waals surface area contributed by atoms with Gasteiger partial charge in [0, 0.05) is 38.3 Å². The lowest BCUT2D eigenvalue weighted by Crippen LogP contribution is -2.41. The molecule has 1 amide bonds. The van der Waals surface area contributed by atoms with Crippen molar-refractivity contribution < 1.29 is 4.79 Å². The van der Waals surface area contributed by atoms with E-state index >= 15 is 0 Å². The fraction of sp³-hybridized carbons (Fsp3) is 0.708. The highest BCUT2D eigenvalue weighted by Gasteiger charge is 2.27. The van der Waals surface area contributed by atoms with Crippen molar-refractivity contribution in [2.75, 3.05) is 31.1 Å². The maximum absolute atomic E-state index is 12.7. The Labute approximate surface area is 166 Å². The molecule has 0 atom stereocenters. The minimum absolute atomic E-state index is 0.400. The average Bonchev–Trinajstić information content (AvgIpc) is 2.68. The second kappa shape index (κ2) is 9.12. The van der Waals surface area contributed by atoms with Crippen LogP contribution in [0, 0.1) is 17.8 Å². The van der Waals surface area contributed by atoms with Crippen LogP contribution in [0.4, 0.5) is 5.69 Å². The highest BCUT2D eigenvalue weighted by Crippen LogP contribution is 2.29. The van der Waals surface area contributed by atoms with E-state index in [1.807, 2.05) is 0 Å². The maximum atomic E-state index is 12.7. The predicted molar refractivity (Wildman–Crippen MR) is 114 cm³/mol. The molecule has 3 nitrogen and oxygen atoms in total. The molecule has 0 N–H and O–H groups in total.